The third-order valence-corrected chi connectivity index (χ3v) is 6.28. The molecule has 0 radical (unpaired) electrons. The van der Waals surface area contributed by atoms with Crippen LogP contribution in [0.3, 0.4) is 0 Å². The second kappa shape index (κ2) is 11.4. The Labute approximate surface area is 221 Å². The molecule has 4 N–H and O–H groups in total. The normalized spacial score (nSPS) is 17.9. The number of hydrogen-bond acceptors (Lipinski definition) is 9. The Morgan fingerprint density at radius 3 is 2.55 bits per heavy atom. The number of amides is 2. The number of carbonyl (C=O) groups excluding carboxylic acids is 2. The molecule has 4 rings (SSSR count). The van der Waals surface area contributed by atoms with Gasteiger partial charge in [-0.1, -0.05) is 6.92 Å². The molecule has 0 saturated carbocycles. The van der Waals surface area contributed by atoms with Crippen LogP contribution in [0.1, 0.15) is 50.3 Å². The molecular formula is C26H36FN7O4. The number of ether oxygens (including phenoxy) is 2. The van der Waals surface area contributed by atoms with E-state index < -0.39 is 17.3 Å². The first kappa shape index (κ1) is 27.4. The zero-order chi connectivity index (χ0) is 27.4. The van der Waals surface area contributed by atoms with E-state index >= 15 is 0 Å². The molecule has 11 nitrogen and oxygen atoms in total. The van der Waals surface area contributed by atoms with Crippen molar-refractivity contribution in [2.24, 2.45) is 5.73 Å². The van der Waals surface area contributed by atoms with Crippen LogP contribution in [0.4, 0.5) is 32.2 Å². The van der Waals surface area contributed by atoms with Crippen molar-refractivity contribution in [3.05, 3.63) is 35.4 Å². The Bertz CT molecular complexity index is 1180. The van der Waals surface area contributed by atoms with Gasteiger partial charge < -0.3 is 35.6 Å². The zero-order valence-electron chi connectivity index (χ0n) is 22.3. The fourth-order valence-corrected chi connectivity index (χ4v) is 4.44. The van der Waals surface area contributed by atoms with Crippen molar-refractivity contribution in [2.75, 3.05) is 54.9 Å². The number of likely N-dealkylation sites (tertiary alicyclic amines) is 1. The third kappa shape index (κ3) is 6.60. The van der Waals surface area contributed by atoms with Crippen LogP contribution < -0.4 is 21.3 Å². The lowest BCUT2D eigenvalue weighted by atomic mass is 10.2. The SMILES string of the molecule is CCc1nc(C(N)=O)c(Nc2ccc(N3CCOCC3)c(F)c2)nc1N[C@@H]1CCN(C(=O)OC(C)(C)C)C1. The van der Waals surface area contributed by atoms with Crippen LogP contribution in [0.25, 0.3) is 0 Å². The number of carbonyl (C=O) groups is 2. The Balaban J connectivity index is 1.53. The van der Waals surface area contributed by atoms with Gasteiger partial charge in [-0.15, -0.1) is 0 Å². The number of nitrogens with one attached hydrogen (secondary N) is 2. The fraction of sp³-hybridized carbons (Fsp3) is 0.538. The summed E-state index contributed by atoms with van der Waals surface area (Å²) in [5, 5.41) is 6.37. The second-order valence-corrected chi connectivity index (χ2v) is 10.4. The molecule has 0 unspecified atom stereocenters. The first-order valence-electron chi connectivity index (χ1n) is 12.9. The number of nitrogens with two attached hydrogens (primary N) is 1. The summed E-state index contributed by atoms with van der Waals surface area (Å²) >= 11 is 0. The summed E-state index contributed by atoms with van der Waals surface area (Å²) < 4.78 is 25.8. The van der Waals surface area contributed by atoms with E-state index in [1.54, 1.807) is 17.0 Å². The monoisotopic (exact) mass is 529 g/mol. The van der Waals surface area contributed by atoms with Gasteiger partial charge in [-0.05, 0) is 51.8 Å². The molecular weight excluding hydrogens is 493 g/mol. The number of rotatable bonds is 7. The Morgan fingerprint density at radius 1 is 1.18 bits per heavy atom. The quantitative estimate of drug-likeness (QED) is 0.494. The predicted octanol–water partition coefficient (Wildman–Crippen LogP) is 3.28. The number of hydrogen-bond donors (Lipinski definition) is 3. The van der Waals surface area contributed by atoms with E-state index in [9.17, 15) is 14.0 Å². The lowest BCUT2D eigenvalue weighted by Gasteiger charge is -2.29. The first-order valence-corrected chi connectivity index (χ1v) is 12.9. The smallest absolute Gasteiger partial charge is 0.410 e. The number of benzene rings is 1. The summed E-state index contributed by atoms with van der Waals surface area (Å²) in [6.45, 7) is 10.7. The molecule has 2 amide bonds. The predicted molar refractivity (Wildman–Crippen MR) is 142 cm³/mol. The molecule has 0 aliphatic carbocycles. The van der Waals surface area contributed by atoms with Crippen LogP contribution in [0, 0.1) is 5.82 Å². The van der Waals surface area contributed by atoms with E-state index in [2.05, 4.69) is 20.6 Å². The molecule has 2 saturated heterocycles. The molecule has 1 aromatic heterocycles. The number of primary amides is 1. The van der Waals surface area contributed by atoms with Gasteiger partial charge >= 0.3 is 6.09 Å². The van der Waals surface area contributed by atoms with Crippen LogP contribution >= 0.6 is 0 Å². The summed E-state index contributed by atoms with van der Waals surface area (Å²) in [7, 11) is 0. The Hall–Kier alpha value is -3.67. The fourth-order valence-electron chi connectivity index (χ4n) is 4.44. The number of nitrogens with zero attached hydrogens (tertiary/aromatic N) is 4. The van der Waals surface area contributed by atoms with Gasteiger partial charge in [-0.3, -0.25) is 4.79 Å². The number of halogens is 1. The highest BCUT2D eigenvalue weighted by molar-refractivity contribution is 5.96. The molecule has 0 bridgehead atoms. The van der Waals surface area contributed by atoms with Crippen LogP contribution in [0.5, 0.6) is 0 Å². The molecule has 1 aromatic carbocycles. The Morgan fingerprint density at radius 2 is 1.92 bits per heavy atom. The maximum atomic E-state index is 15.0. The van der Waals surface area contributed by atoms with Crippen LogP contribution in [-0.4, -0.2) is 77.9 Å². The van der Waals surface area contributed by atoms with Crippen LogP contribution in [-0.2, 0) is 15.9 Å². The highest BCUT2D eigenvalue weighted by Crippen LogP contribution is 2.28. The van der Waals surface area contributed by atoms with E-state index in [4.69, 9.17) is 15.2 Å². The molecule has 2 aliphatic rings. The molecule has 12 heteroatoms. The summed E-state index contributed by atoms with van der Waals surface area (Å²) in [6, 6.07) is 4.67. The average molecular weight is 530 g/mol. The van der Waals surface area contributed by atoms with Gasteiger partial charge in [-0.25, -0.2) is 19.2 Å². The van der Waals surface area contributed by atoms with Gasteiger partial charge in [0.2, 0.25) is 0 Å². The standard InChI is InChI=1S/C26H36FN7O4/c1-5-19-23(30-17-8-9-34(15-17)25(36)38-26(2,3)4)32-24(21(31-19)22(28)35)29-16-6-7-20(18(27)14-16)33-10-12-37-13-11-33/h6-7,14,17H,5,8-13,15H2,1-4H3,(H2,28,35)(H2,29,30,32)/t17-/m1/s1. The minimum Gasteiger partial charge on any atom is -0.444 e. The largest absolute Gasteiger partial charge is 0.444 e. The van der Waals surface area contributed by atoms with Gasteiger partial charge in [0, 0.05) is 37.9 Å². The summed E-state index contributed by atoms with van der Waals surface area (Å²) in [5.74, 6) is -0.551. The minimum atomic E-state index is -0.747. The lowest BCUT2D eigenvalue weighted by molar-refractivity contribution is 0.0293. The van der Waals surface area contributed by atoms with E-state index in [1.165, 1.54) is 6.07 Å². The summed E-state index contributed by atoms with van der Waals surface area (Å²) in [5.41, 5.74) is 6.45. The van der Waals surface area contributed by atoms with Gasteiger partial charge in [-0.2, -0.15) is 0 Å². The van der Waals surface area contributed by atoms with Crippen molar-refractivity contribution in [3.8, 4) is 0 Å². The number of aromatic nitrogens is 2. The van der Waals surface area contributed by atoms with Crippen molar-refractivity contribution in [2.45, 2.75) is 52.2 Å². The zero-order valence-corrected chi connectivity index (χ0v) is 22.3. The highest BCUT2D eigenvalue weighted by atomic mass is 19.1. The van der Waals surface area contributed by atoms with Crippen molar-refractivity contribution in [1.29, 1.82) is 0 Å². The molecule has 38 heavy (non-hydrogen) atoms. The average Bonchev–Trinajstić information content (AvgIpc) is 3.32. The van der Waals surface area contributed by atoms with Crippen molar-refractivity contribution in [3.63, 3.8) is 0 Å². The Kier molecular flexibility index (Phi) is 8.20. The molecule has 2 aliphatic heterocycles. The molecule has 1 atom stereocenters. The minimum absolute atomic E-state index is 0.0353. The highest BCUT2D eigenvalue weighted by Gasteiger charge is 2.31. The summed E-state index contributed by atoms with van der Waals surface area (Å²) in [6.07, 6.45) is 0.831. The molecule has 2 aromatic rings. The third-order valence-electron chi connectivity index (χ3n) is 6.28. The maximum Gasteiger partial charge on any atom is 0.410 e. The number of aryl methyl sites for hydroxylation is 1. The molecule has 0 spiro atoms. The van der Waals surface area contributed by atoms with Crippen molar-refractivity contribution in [1.82, 2.24) is 14.9 Å². The maximum absolute atomic E-state index is 15.0. The topological polar surface area (TPSA) is 135 Å². The van der Waals surface area contributed by atoms with Crippen molar-refractivity contribution >= 4 is 35.0 Å². The van der Waals surface area contributed by atoms with Crippen LogP contribution in [0.15, 0.2) is 18.2 Å². The number of morpholine rings is 1. The van der Waals surface area contributed by atoms with Gasteiger partial charge in [0.1, 0.15) is 11.4 Å². The molecule has 206 valence electrons. The van der Waals surface area contributed by atoms with Crippen LogP contribution in [0.2, 0.25) is 0 Å². The van der Waals surface area contributed by atoms with E-state index in [-0.39, 0.29) is 23.6 Å². The van der Waals surface area contributed by atoms with Gasteiger partial charge in [0.15, 0.2) is 17.3 Å². The van der Waals surface area contributed by atoms with E-state index in [0.717, 1.165) is 0 Å². The van der Waals surface area contributed by atoms with Gasteiger partial charge in [0.05, 0.1) is 24.6 Å². The van der Waals surface area contributed by atoms with E-state index in [1.807, 2.05) is 32.6 Å². The first-order chi connectivity index (χ1) is 18.0. The van der Waals surface area contributed by atoms with Gasteiger partial charge in [0.25, 0.3) is 5.91 Å². The van der Waals surface area contributed by atoms with E-state index in [0.29, 0.717) is 75.1 Å². The molecule has 2 fully saturated rings. The number of anilines is 4. The molecule has 3 heterocycles. The summed E-state index contributed by atoms with van der Waals surface area (Å²) in [4.78, 5) is 37.3. The second-order valence-electron chi connectivity index (χ2n) is 10.4. The van der Waals surface area contributed by atoms with Crippen molar-refractivity contribution < 1.29 is 23.5 Å². The lowest BCUT2D eigenvalue weighted by Crippen LogP contribution is -2.36.